The average molecular weight is 257 g/mol. The van der Waals surface area contributed by atoms with Gasteiger partial charge in [-0.2, -0.15) is 0 Å². The Labute approximate surface area is 115 Å². The number of hydrogen-bond donors (Lipinski definition) is 1. The standard InChI is InChI=1S/C16H23N3/c1-3-19-15-7-5-4-6-14(15)18-16(19)11-17-13-9-8-12(2)10-13/h4-7,12-13,17H,3,8-11H2,1-2H3. The maximum atomic E-state index is 4.76. The Balaban J connectivity index is 1.76. The van der Waals surface area contributed by atoms with Crippen LogP contribution in [-0.4, -0.2) is 15.6 Å². The third kappa shape index (κ3) is 2.52. The number of nitrogens with one attached hydrogen (secondary N) is 1. The van der Waals surface area contributed by atoms with Gasteiger partial charge in [-0.05, 0) is 44.2 Å². The molecule has 1 heterocycles. The Morgan fingerprint density at radius 3 is 2.89 bits per heavy atom. The molecule has 102 valence electrons. The van der Waals surface area contributed by atoms with Crippen LogP contribution in [0.25, 0.3) is 11.0 Å². The summed E-state index contributed by atoms with van der Waals surface area (Å²) in [6.07, 6.45) is 3.99. The van der Waals surface area contributed by atoms with Crippen LogP contribution in [0.3, 0.4) is 0 Å². The summed E-state index contributed by atoms with van der Waals surface area (Å²) in [5, 5.41) is 3.68. The predicted octanol–water partition coefficient (Wildman–Crippen LogP) is 3.33. The smallest absolute Gasteiger partial charge is 0.123 e. The molecule has 3 nitrogen and oxygen atoms in total. The van der Waals surface area contributed by atoms with Crippen LogP contribution in [0.1, 0.15) is 38.9 Å². The van der Waals surface area contributed by atoms with E-state index in [-0.39, 0.29) is 0 Å². The van der Waals surface area contributed by atoms with E-state index in [1.165, 1.54) is 30.6 Å². The molecule has 2 aromatic rings. The van der Waals surface area contributed by atoms with Gasteiger partial charge >= 0.3 is 0 Å². The number of rotatable bonds is 4. The number of hydrogen-bond acceptors (Lipinski definition) is 2. The van der Waals surface area contributed by atoms with Crippen molar-refractivity contribution >= 4 is 11.0 Å². The van der Waals surface area contributed by atoms with E-state index < -0.39 is 0 Å². The molecule has 3 rings (SSSR count). The molecule has 1 aliphatic carbocycles. The lowest BCUT2D eigenvalue weighted by Crippen LogP contribution is -2.27. The van der Waals surface area contributed by atoms with Crippen LogP contribution in [-0.2, 0) is 13.1 Å². The van der Waals surface area contributed by atoms with Crippen molar-refractivity contribution in [2.24, 2.45) is 5.92 Å². The minimum Gasteiger partial charge on any atom is -0.327 e. The third-order valence-electron chi connectivity index (χ3n) is 4.29. The lowest BCUT2D eigenvalue weighted by molar-refractivity contribution is 0.487. The number of imidazole rings is 1. The minimum absolute atomic E-state index is 0.681. The maximum Gasteiger partial charge on any atom is 0.123 e. The Morgan fingerprint density at radius 2 is 2.16 bits per heavy atom. The van der Waals surface area contributed by atoms with Gasteiger partial charge in [0, 0.05) is 12.6 Å². The van der Waals surface area contributed by atoms with Crippen LogP contribution >= 0.6 is 0 Å². The fourth-order valence-corrected chi connectivity index (χ4v) is 3.24. The van der Waals surface area contributed by atoms with Crippen LogP contribution in [0.15, 0.2) is 24.3 Å². The van der Waals surface area contributed by atoms with Crippen LogP contribution in [0.2, 0.25) is 0 Å². The summed E-state index contributed by atoms with van der Waals surface area (Å²) >= 11 is 0. The summed E-state index contributed by atoms with van der Waals surface area (Å²) in [4.78, 5) is 4.76. The first kappa shape index (κ1) is 12.7. The number of para-hydroxylation sites is 2. The molecule has 0 spiro atoms. The lowest BCUT2D eigenvalue weighted by Gasteiger charge is -2.13. The van der Waals surface area contributed by atoms with Crippen molar-refractivity contribution in [2.75, 3.05) is 0 Å². The molecular formula is C16H23N3. The van der Waals surface area contributed by atoms with Crippen molar-refractivity contribution in [2.45, 2.75) is 52.2 Å². The first-order chi connectivity index (χ1) is 9.28. The molecule has 2 unspecified atom stereocenters. The first-order valence-electron chi connectivity index (χ1n) is 7.45. The third-order valence-corrected chi connectivity index (χ3v) is 4.29. The van der Waals surface area contributed by atoms with E-state index in [1.807, 2.05) is 0 Å². The van der Waals surface area contributed by atoms with E-state index in [2.05, 4.69) is 48.0 Å². The number of fused-ring (bicyclic) bond motifs is 1. The summed E-state index contributed by atoms with van der Waals surface area (Å²) in [5.41, 5.74) is 2.36. The van der Waals surface area contributed by atoms with Crippen molar-refractivity contribution in [3.8, 4) is 0 Å². The summed E-state index contributed by atoms with van der Waals surface area (Å²) in [6, 6.07) is 9.09. The fraction of sp³-hybridized carbons (Fsp3) is 0.562. The molecule has 0 amide bonds. The zero-order chi connectivity index (χ0) is 13.2. The molecule has 1 saturated carbocycles. The van der Waals surface area contributed by atoms with E-state index in [0.29, 0.717) is 6.04 Å². The van der Waals surface area contributed by atoms with Gasteiger partial charge in [-0.1, -0.05) is 19.1 Å². The molecule has 1 N–H and O–H groups in total. The first-order valence-corrected chi connectivity index (χ1v) is 7.45. The van der Waals surface area contributed by atoms with Crippen molar-refractivity contribution in [3.05, 3.63) is 30.1 Å². The normalized spacial score (nSPS) is 23.3. The zero-order valence-electron chi connectivity index (χ0n) is 11.9. The molecule has 2 atom stereocenters. The van der Waals surface area contributed by atoms with E-state index in [0.717, 1.165) is 24.5 Å². The van der Waals surface area contributed by atoms with Gasteiger partial charge in [0.1, 0.15) is 5.82 Å². The number of aryl methyl sites for hydroxylation is 1. The van der Waals surface area contributed by atoms with E-state index >= 15 is 0 Å². The van der Waals surface area contributed by atoms with Gasteiger partial charge in [-0.15, -0.1) is 0 Å². The van der Waals surface area contributed by atoms with E-state index in [1.54, 1.807) is 0 Å². The molecule has 3 heteroatoms. The van der Waals surface area contributed by atoms with Crippen LogP contribution in [0, 0.1) is 5.92 Å². The number of benzene rings is 1. The Kier molecular flexibility index (Phi) is 3.56. The van der Waals surface area contributed by atoms with Gasteiger partial charge in [0.15, 0.2) is 0 Å². The second kappa shape index (κ2) is 5.33. The SMILES string of the molecule is CCn1c(CNC2CCC(C)C2)nc2ccccc21. The summed E-state index contributed by atoms with van der Waals surface area (Å²) < 4.78 is 2.32. The highest BCUT2D eigenvalue weighted by atomic mass is 15.1. The largest absolute Gasteiger partial charge is 0.327 e. The summed E-state index contributed by atoms with van der Waals surface area (Å²) in [6.45, 7) is 6.41. The predicted molar refractivity (Wildman–Crippen MR) is 79.0 cm³/mol. The topological polar surface area (TPSA) is 29.9 Å². The fourth-order valence-electron chi connectivity index (χ4n) is 3.24. The summed E-state index contributed by atoms with van der Waals surface area (Å²) in [7, 11) is 0. The monoisotopic (exact) mass is 257 g/mol. The van der Waals surface area contributed by atoms with E-state index in [4.69, 9.17) is 4.98 Å². The minimum atomic E-state index is 0.681. The highest BCUT2D eigenvalue weighted by Gasteiger charge is 2.21. The Bertz CT molecular complexity index is 558. The second-order valence-corrected chi connectivity index (χ2v) is 5.76. The molecule has 0 bridgehead atoms. The molecule has 0 radical (unpaired) electrons. The van der Waals surface area contributed by atoms with Crippen molar-refractivity contribution in [1.82, 2.24) is 14.9 Å². The lowest BCUT2D eigenvalue weighted by atomic mass is 10.1. The van der Waals surface area contributed by atoms with Gasteiger partial charge in [-0.3, -0.25) is 0 Å². The zero-order valence-corrected chi connectivity index (χ0v) is 11.9. The number of nitrogens with zero attached hydrogens (tertiary/aromatic N) is 2. The van der Waals surface area contributed by atoms with Crippen LogP contribution in [0.5, 0.6) is 0 Å². The highest BCUT2D eigenvalue weighted by molar-refractivity contribution is 5.75. The van der Waals surface area contributed by atoms with Crippen LogP contribution in [0.4, 0.5) is 0 Å². The van der Waals surface area contributed by atoms with Gasteiger partial charge in [0.2, 0.25) is 0 Å². The number of aromatic nitrogens is 2. The maximum absolute atomic E-state index is 4.76. The molecule has 1 aromatic heterocycles. The molecule has 19 heavy (non-hydrogen) atoms. The summed E-state index contributed by atoms with van der Waals surface area (Å²) in [5.74, 6) is 2.05. The van der Waals surface area contributed by atoms with Gasteiger partial charge in [0.25, 0.3) is 0 Å². The molecular weight excluding hydrogens is 234 g/mol. The van der Waals surface area contributed by atoms with E-state index in [9.17, 15) is 0 Å². The molecule has 1 aliphatic rings. The second-order valence-electron chi connectivity index (χ2n) is 5.76. The average Bonchev–Trinajstić information content (AvgIpc) is 2.99. The van der Waals surface area contributed by atoms with Crippen molar-refractivity contribution in [3.63, 3.8) is 0 Å². The van der Waals surface area contributed by atoms with Gasteiger partial charge < -0.3 is 9.88 Å². The highest BCUT2D eigenvalue weighted by Crippen LogP contribution is 2.25. The Hall–Kier alpha value is -1.35. The van der Waals surface area contributed by atoms with Gasteiger partial charge in [-0.25, -0.2) is 4.98 Å². The van der Waals surface area contributed by atoms with Gasteiger partial charge in [0.05, 0.1) is 17.6 Å². The van der Waals surface area contributed by atoms with Crippen molar-refractivity contribution in [1.29, 1.82) is 0 Å². The molecule has 1 aromatic carbocycles. The Morgan fingerprint density at radius 1 is 1.32 bits per heavy atom. The molecule has 1 fully saturated rings. The molecule has 0 saturated heterocycles. The van der Waals surface area contributed by atoms with Crippen LogP contribution < -0.4 is 5.32 Å². The quantitative estimate of drug-likeness (QED) is 0.910. The molecule has 0 aliphatic heterocycles. The van der Waals surface area contributed by atoms with Crippen molar-refractivity contribution < 1.29 is 0 Å².